The van der Waals surface area contributed by atoms with Crippen molar-refractivity contribution in [1.29, 1.82) is 0 Å². The van der Waals surface area contributed by atoms with Crippen LogP contribution in [-0.4, -0.2) is 27.3 Å². The molecule has 4 aromatic heterocycles. The van der Waals surface area contributed by atoms with Gasteiger partial charge >= 0.3 is 0 Å². The molecule has 4 heterocycles. The molecule has 28 heavy (non-hydrogen) atoms. The van der Waals surface area contributed by atoms with Gasteiger partial charge in [0.15, 0.2) is 11.2 Å². The second-order valence-corrected chi connectivity index (χ2v) is 8.20. The first-order valence-electron chi connectivity index (χ1n) is 8.23. The number of hydrogen-bond acceptors (Lipinski definition) is 6. The molecule has 0 saturated carbocycles. The lowest BCUT2D eigenvalue weighted by Gasteiger charge is -2.07. The lowest BCUT2D eigenvalue weighted by Crippen LogP contribution is -2.12. The van der Waals surface area contributed by atoms with E-state index >= 15 is 0 Å². The summed E-state index contributed by atoms with van der Waals surface area (Å²) in [5.74, 6) is 0. The van der Waals surface area contributed by atoms with E-state index in [0.717, 1.165) is 3.97 Å². The Bertz CT molecular complexity index is 1440. The van der Waals surface area contributed by atoms with Crippen molar-refractivity contribution in [3.63, 3.8) is 0 Å². The molecule has 0 unspecified atom stereocenters. The van der Waals surface area contributed by atoms with Crippen LogP contribution in [0.3, 0.4) is 0 Å². The van der Waals surface area contributed by atoms with E-state index < -0.39 is 10.0 Å². The highest BCUT2D eigenvalue weighted by Gasteiger charge is 2.20. The van der Waals surface area contributed by atoms with Crippen LogP contribution < -0.4 is 0 Å². The van der Waals surface area contributed by atoms with E-state index in [0.29, 0.717) is 33.4 Å². The Labute approximate surface area is 164 Å². The molecule has 0 saturated heterocycles. The number of rotatable bonds is 3. The summed E-state index contributed by atoms with van der Waals surface area (Å²) in [7, 11) is -3.74. The Morgan fingerprint density at radius 1 is 1.04 bits per heavy atom. The summed E-state index contributed by atoms with van der Waals surface area (Å²) >= 11 is 6.01. The zero-order valence-electron chi connectivity index (χ0n) is 14.2. The van der Waals surface area contributed by atoms with Gasteiger partial charge < -0.3 is 4.42 Å². The summed E-state index contributed by atoms with van der Waals surface area (Å²) in [6.07, 6.45) is 4.53. The second kappa shape index (κ2) is 6.15. The normalized spacial score (nSPS) is 12.0. The van der Waals surface area contributed by atoms with Crippen molar-refractivity contribution in [1.82, 2.24) is 18.9 Å². The van der Waals surface area contributed by atoms with E-state index in [1.54, 1.807) is 54.7 Å². The van der Waals surface area contributed by atoms with Gasteiger partial charge in [-0.3, -0.25) is 0 Å². The molecule has 138 valence electrons. The van der Waals surface area contributed by atoms with Crippen LogP contribution >= 0.6 is 11.6 Å². The number of pyridine rings is 1. The summed E-state index contributed by atoms with van der Waals surface area (Å²) in [5, 5.41) is 0.736. The third kappa shape index (κ3) is 2.57. The molecule has 0 fully saturated rings. The smallest absolute Gasteiger partial charge is 0.269 e. The summed E-state index contributed by atoms with van der Waals surface area (Å²) in [4.78, 5) is 12.9. The predicted molar refractivity (Wildman–Crippen MR) is 105 cm³/mol. The molecule has 0 N–H and O–H groups in total. The average molecular weight is 411 g/mol. The number of nitrogens with zero attached hydrogens (tertiary/aromatic N) is 4. The minimum absolute atomic E-state index is 0.0909. The Morgan fingerprint density at radius 3 is 2.68 bits per heavy atom. The maximum atomic E-state index is 12.9. The third-order valence-electron chi connectivity index (χ3n) is 4.34. The Morgan fingerprint density at radius 2 is 1.86 bits per heavy atom. The Hall–Kier alpha value is -3.23. The van der Waals surface area contributed by atoms with Crippen LogP contribution in [0, 0.1) is 0 Å². The fourth-order valence-corrected chi connectivity index (χ4v) is 4.57. The molecule has 0 bridgehead atoms. The van der Waals surface area contributed by atoms with Crippen molar-refractivity contribution in [2.24, 2.45) is 0 Å². The van der Waals surface area contributed by atoms with Crippen LogP contribution in [0.2, 0.25) is 5.28 Å². The Balaban J connectivity index is 1.68. The van der Waals surface area contributed by atoms with Crippen molar-refractivity contribution in [3.8, 4) is 11.3 Å². The van der Waals surface area contributed by atoms with E-state index in [1.807, 2.05) is 0 Å². The van der Waals surface area contributed by atoms with Crippen molar-refractivity contribution in [2.45, 2.75) is 4.90 Å². The van der Waals surface area contributed by atoms with Crippen molar-refractivity contribution < 1.29 is 12.8 Å². The van der Waals surface area contributed by atoms with Crippen LogP contribution in [0.5, 0.6) is 0 Å². The molecule has 0 aliphatic carbocycles. The molecule has 9 heteroatoms. The van der Waals surface area contributed by atoms with E-state index in [1.165, 1.54) is 12.5 Å². The topological polar surface area (TPSA) is 90.9 Å². The molecule has 0 radical (unpaired) electrons. The maximum absolute atomic E-state index is 12.9. The van der Waals surface area contributed by atoms with Gasteiger partial charge in [-0.15, -0.1) is 0 Å². The quantitative estimate of drug-likeness (QED) is 0.415. The number of aromatic nitrogens is 4. The SMILES string of the molecule is O=S(=O)(c1ccccc1)n1ccc2cc(-c3nc(Cl)nc4ccoc34)cnc21. The van der Waals surface area contributed by atoms with Gasteiger partial charge in [-0.25, -0.2) is 27.3 Å². The standard InChI is InChI=1S/C19H11ClN4O3S/c20-19-22-15-7-9-27-17(15)16(23-19)13-10-12-6-8-24(18(12)21-11-13)28(25,26)14-4-2-1-3-5-14/h1-11H. The van der Waals surface area contributed by atoms with Crippen molar-refractivity contribution in [2.75, 3.05) is 0 Å². The number of furan rings is 1. The van der Waals surface area contributed by atoms with Crippen LogP contribution in [0.15, 0.2) is 76.5 Å². The maximum Gasteiger partial charge on any atom is 0.269 e. The lowest BCUT2D eigenvalue weighted by atomic mass is 10.1. The first-order valence-corrected chi connectivity index (χ1v) is 10.0. The molecule has 0 amide bonds. The summed E-state index contributed by atoms with van der Waals surface area (Å²) in [5.41, 5.74) is 2.53. The molecule has 0 spiro atoms. The zero-order chi connectivity index (χ0) is 19.3. The van der Waals surface area contributed by atoms with Crippen LogP contribution in [0.4, 0.5) is 0 Å². The first-order chi connectivity index (χ1) is 13.5. The van der Waals surface area contributed by atoms with Gasteiger partial charge in [0, 0.05) is 29.4 Å². The summed E-state index contributed by atoms with van der Waals surface area (Å²) < 4.78 is 32.5. The van der Waals surface area contributed by atoms with Crippen molar-refractivity contribution in [3.05, 3.63) is 72.5 Å². The first kappa shape index (κ1) is 16.9. The molecule has 0 aliphatic rings. The monoisotopic (exact) mass is 410 g/mol. The van der Waals surface area contributed by atoms with Crippen molar-refractivity contribution >= 4 is 43.8 Å². The van der Waals surface area contributed by atoms with Gasteiger partial charge in [-0.05, 0) is 35.9 Å². The van der Waals surface area contributed by atoms with Crippen LogP contribution in [0.25, 0.3) is 33.4 Å². The zero-order valence-corrected chi connectivity index (χ0v) is 15.7. The predicted octanol–water partition coefficient (Wildman–Crippen LogP) is 4.13. The van der Waals surface area contributed by atoms with Gasteiger partial charge in [-0.1, -0.05) is 18.2 Å². The number of halogens is 1. The second-order valence-electron chi connectivity index (χ2n) is 6.04. The van der Waals surface area contributed by atoms with Gasteiger partial charge in [0.25, 0.3) is 10.0 Å². The molecular formula is C19H11ClN4O3S. The molecule has 0 aliphatic heterocycles. The summed E-state index contributed by atoms with van der Waals surface area (Å²) in [6.45, 7) is 0. The molecule has 1 aromatic carbocycles. The van der Waals surface area contributed by atoms with Gasteiger partial charge in [0.05, 0.1) is 11.2 Å². The molecule has 5 aromatic rings. The molecular weight excluding hydrogens is 400 g/mol. The third-order valence-corrected chi connectivity index (χ3v) is 6.19. The lowest BCUT2D eigenvalue weighted by molar-refractivity contribution is 0.588. The van der Waals surface area contributed by atoms with Crippen LogP contribution in [0.1, 0.15) is 0 Å². The molecule has 7 nitrogen and oxygen atoms in total. The fourth-order valence-electron chi connectivity index (χ4n) is 3.06. The highest BCUT2D eigenvalue weighted by atomic mass is 35.5. The van der Waals surface area contributed by atoms with E-state index in [9.17, 15) is 8.42 Å². The average Bonchev–Trinajstić information content (AvgIpc) is 3.34. The Kier molecular flexibility index (Phi) is 3.71. The minimum atomic E-state index is -3.74. The van der Waals surface area contributed by atoms with Gasteiger partial charge in [-0.2, -0.15) is 0 Å². The van der Waals surface area contributed by atoms with Gasteiger partial charge in [0.1, 0.15) is 11.2 Å². The van der Waals surface area contributed by atoms with E-state index in [2.05, 4.69) is 15.0 Å². The minimum Gasteiger partial charge on any atom is -0.460 e. The largest absolute Gasteiger partial charge is 0.460 e. The number of benzene rings is 1. The highest BCUT2D eigenvalue weighted by Crippen LogP contribution is 2.30. The van der Waals surface area contributed by atoms with E-state index in [4.69, 9.17) is 16.0 Å². The number of hydrogen-bond donors (Lipinski definition) is 0. The number of fused-ring (bicyclic) bond motifs is 2. The summed E-state index contributed by atoms with van der Waals surface area (Å²) in [6, 6.07) is 13.4. The highest BCUT2D eigenvalue weighted by molar-refractivity contribution is 7.90. The van der Waals surface area contributed by atoms with Gasteiger partial charge in [0.2, 0.25) is 5.28 Å². The fraction of sp³-hybridized carbons (Fsp3) is 0. The molecule has 0 atom stereocenters. The van der Waals surface area contributed by atoms with E-state index in [-0.39, 0.29) is 10.2 Å². The van der Waals surface area contributed by atoms with Crippen LogP contribution in [-0.2, 0) is 10.0 Å². The molecule has 5 rings (SSSR count).